The molecule has 1 atom stereocenters. The molecule has 5 nitrogen and oxygen atoms in total. The van der Waals surface area contributed by atoms with Gasteiger partial charge in [0.25, 0.3) is 0 Å². The van der Waals surface area contributed by atoms with E-state index in [0.29, 0.717) is 17.8 Å². The summed E-state index contributed by atoms with van der Waals surface area (Å²) in [5.41, 5.74) is 16.5. The minimum atomic E-state index is 0. The summed E-state index contributed by atoms with van der Waals surface area (Å²) < 4.78 is 11.1. The SMILES string of the molecule is CC(C)c1cc2c(oc3ccccc32)c2c1-n1ccnc1C1=C3CC=CC1=C3C2C.CC(C)c1cccc(C(C)C)c1-n1ccnc1-c1[c-]cccc1.[Ir]. The van der Waals surface area contributed by atoms with Gasteiger partial charge in [0.15, 0.2) is 0 Å². The third kappa shape index (κ3) is 5.53. The first-order valence-electron chi connectivity index (χ1n) is 19.0. The van der Waals surface area contributed by atoms with Gasteiger partial charge in [-0.2, -0.15) is 0 Å². The van der Waals surface area contributed by atoms with Crippen molar-refractivity contribution in [1.82, 2.24) is 19.1 Å². The first kappa shape index (κ1) is 36.0. The van der Waals surface area contributed by atoms with E-state index in [9.17, 15) is 0 Å². The molecule has 0 fully saturated rings. The molecule has 0 spiro atoms. The number of para-hydroxylation sites is 2. The van der Waals surface area contributed by atoms with Gasteiger partial charge in [0.2, 0.25) is 0 Å². The summed E-state index contributed by atoms with van der Waals surface area (Å²) in [6.45, 7) is 15.9. The van der Waals surface area contributed by atoms with Gasteiger partial charge in [-0.15, -0.1) is 35.9 Å². The number of hydrogen-bond donors (Lipinski definition) is 0. The first-order valence-corrected chi connectivity index (χ1v) is 19.0. The summed E-state index contributed by atoms with van der Waals surface area (Å²) in [6.07, 6.45) is 13.6. The summed E-state index contributed by atoms with van der Waals surface area (Å²) in [7, 11) is 0. The normalized spacial score (nSPS) is 15.6. The topological polar surface area (TPSA) is 48.8 Å². The monoisotopic (exact) mass is 886 g/mol. The van der Waals surface area contributed by atoms with Gasteiger partial charge in [0.05, 0.1) is 11.5 Å². The molecule has 0 amide bonds. The van der Waals surface area contributed by atoms with Crippen molar-refractivity contribution in [3.05, 3.63) is 161 Å². The van der Waals surface area contributed by atoms with Crippen LogP contribution in [0.15, 0.2) is 131 Å². The molecular weight excluding hydrogens is 841 g/mol. The van der Waals surface area contributed by atoms with E-state index in [0.717, 1.165) is 34.8 Å². The number of hydrogen-bond acceptors (Lipinski definition) is 3. The second kappa shape index (κ2) is 14.0. The maximum Gasteiger partial charge on any atom is 0.145 e. The fraction of sp³-hybridized carbons (Fsp3) is 0.250. The van der Waals surface area contributed by atoms with Crippen LogP contribution in [0.1, 0.15) is 107 Å². The van der Waals surface area contributed by atoms with Crippen molar-refractivity contribution in [3.63, 3.8) is 0 Å². The van der Waals surface area contributed by atoms with Crippen molar-refractivity contribution in [2.24, 2.45) is 0 Å². The summed E-state index contributed by atoms with van der Waals surface area (Å²) >= 11 is 0. The molecule has 4 heterocycles. The Kier molecular flexibility index (Phi) is 9.32. The summed E-state index contributed by atoms with van der Waals surface area (Å²) in [5, 5.41) is 2.42. The molecule has 7 aromatic rings. The van der Waals surface area contributed by atoms with Crippen LogP contribution >= 0.6 is 0 Å². The molecule has 0 saturated heterocycles. The van der Waals surface area contributed by atoms with E-state index < -0.39 is 0 Å². The molecule has 3 aliphatic rings. The summed E-state index contributed by atoms with van der Waals surface area (Å²) in [6, 6.07) is 28.7. The van der Waals surface area contributed by atoms with Crippen molar-refractivity contribution >= 4 is 27.5 Å². The number of furan rings is 1. The van der Waals surface area contributed by atoms with Gasteiger partial charge < -0.3 is 8.98 Å². The molecule has 10 rings (SSSR count). The fourth-order valence-electron chi connectivity index (χ4n) is 8.79. The van der Waals surface area contributed by atoms with Gasteiger partial charge in [-0.1, -0.05) is 97.0 Å². The Bertz CT molecular complexity index is 2620. The smallest absolute Gasteiger partial charge is 0.145 e. The molecule has 54 heavy (non-hydrogen) atoms. The Balaban J connectivity index is 0.000000156. The van der Waals surface area contributed by atoms with Crippen LogP contribution in [0.3, 0.4) is 0 Å². The predicted molar refractivity (Wildman–Crippen MR) is 217 cm³/mol. The average molecular weight is 886 g/mol. The predicted octanol–water partition coefficient (Wildman–Crippen LogP) is 12.6. The Morgan fingerprint density at radius 2 is 1.41 bits per heavy atom. The quantitative estimate of drug-likeness (QED) is 0.162. The van der Waals surface area contributed by atoms with Crippen LogP contribution in [0.5, 0.6) is 0 Å². The van der Waals surface area contributed by atoms with E-state index in [1.807, 2.05) is 30.6 Å². The average Bonchev–Trinajstić information content (AvgIpc) is 3.93. The van der Waals surface area contributed by atoms with Crippen LogP contribution in [0.2, 0.25) is 0 Å². The van der Waals surface area contributed by atoms with Crippen LogP contribution in [0.25, 0.3) is 50.3 Å². The van der Waals surface area contributed by atoms with Gasteiger partial charge >= 0.3 is 0 Å². The minimum absolute atomic E-state index is 0. The zero-order valence-corrected chi connectivity index (χ0v) is 34.3. The third-order valence-electron chi connectivity index (χ3n) is 11.3. The van der Waals surface area contributed by atoms with E-state index >= 15 is 0 Å². The third-order valence-corrected chi connectivity index (χ3v) is 11.3. The maximum absolute atomic E-state index is 6.54. The zero-order valence-electron chi connectivity index (χ0n) is 31.9. The maximum atomic E-state index is 6.54. The van der Waals surface area contributed by atoms with Gasteiger partial charge in [-0.3, -0.25) is 9.55 Å². The van der Waals surface area contributed by atoms with E-state index in [-0.39, 0.29) is 26.0 Å². The number of aromatic nitrogens is 4. The molecule has 2 aliphatic carbocycles. The molecule has 273 valence electrons. The Labute approximate surface area is 331 Å². The van der Waals surface area contributed by atoms with Crippen molar-refractivity contribution in [2.45, 2.75) is 78.6 Å². The minimum Gasteiger partial charge on any atom is -0.456 e. The Morgan fingerprint density at radius 1 is 0.741 bits per heavy atom. The number of allylic oxidation sites excluding steroid dienone is 6. The van der Waals surface area contributed by atoms with E-state index in [2.05, 4.69) is 148 Å². The molecular formula is C48H45IrN4O-. The van der Waals surface area contributed by atoms with E-state index in [4.69, 9.17) is 9.40 Å². The number of imidazole rings is 2. The largest absolute Gasteiger partial charge is 0.456 e. The van der Waals surface area contributed by atoms with Gasteiger partial charge in [-0.05, 0) is 69.7 Å². The number of fused-ring (bicyclic) bond motifs is 8. The number of rotatable bonds is 5. The summed E-state index contributed by atoms with van der Waals surface area (Å²) in [4.78, 5) is 9.41. The van der Waals surface area contributed by atoms with Crippen LogP contribution < -0.4 is 0 Å². The Morgan fingerprint density at radius 3 is 2.06 bits per heavy atom. The van der Waals surface area contributed by atoms with Crippen molar-refractivity contribution in [1.29, 1.82) is 0 Å². The molecule has 4 bridgehead atoms. The van der Waals surface area contributed by atoms with Crippen molar-refractivity contribution in [2.75, 3.05) is 0 Å². The summed E-state index contributed by atoms with van der Waals surface area (Å²) in [5.74, 6) is 3.59. The van der Waals surface area contributed by atoms with Crippen LogP contribution in [0, 0.1) is 6.07 Å². The number of nitrogens with zero attached hydrogens (tertiary/aromatic N) is 4. The van der Waals surface area contributed by atoms with E-state index in [1.54, 1.807) is 0 Å². The van der Waals surface area contributed by atoms with E-state index in [1.165, 1.54) is 66.7 Å². The van der Waals surface area contributed by atoms with Gasteiger partial charge in [0, 0.05) is 78.4 Å². The first-order chi connectivity index (χ1) is 25.7. The second-order valence-electron chi connectivity index (χ2n) is 15.5. The fourth-order valence-corrected chi connectivity index (χ4v) is 8.79. The van der Waals surface area contributed by atoms with Crippen molar-refractivity contribution in [3.8, 4) is 22.8 Å². The molecule has 0 N–H and O–H groups in total. The van der Waals surface area contributed by atoms with Crippen LogP contribution in [-0.2, 0) is 20.1 Å². The molecule has 1 radical (unpaired) electrons. The molecule has 3 aromatic heterocycles. The van der Waals surface area contributed by atoms with Crippen LogP contribution in [-0.4, -0.2) is 19.1 Å². The molecule has 4 aromatic carbocycles. The standard InChI is InChI=1S/C27H22N2O.C21H23N2.Ir/c1-14(2)19-13-20-16-7-4-5-10-21(16)30-26(20)23-15(3)22-17-8-6-9-18(22)24(17)27-28-11-12-29(27)25(19)23;1-15(2)18-11-8-12-19(16(3)4)20(18)23-14-13-22-21(23)17-9-6-5-7-10-17;/h4-8,10-15H,9H2,1-3H3;5-9,11-16H,1-4H3;/q;-1;. The molecule has 0 saturated carbocycles. The van der Waals surface area contributed by atoms with Gasteiger partial charge in [-0.25, -0.2) is 4.98 Å². The van der Waals surface area contributed by atoms with Crippen LogP contribution in [0.4, 0.5) is 0 Å². The van der Waals surface area contributed by atoms with Gasteiger partial charge in [0.1, 0.15) is 17.0 Å². The number of benzene rings is 4. The Hall–Kier alpha value is -5.03. The molecule has 1 aliphatic heterocycles. The second-order valence-corrected chi connectivity index (χ2v) is 15.5. The molecule has 6 heteroatoms. The zero-order chi connectivity index (χ0) is 36.5. The molecule has 1 unspecified atom stereocenters. The van der Waals surface area contributed by atoms with Crippen molar-refractivity contribution < 1.29 is 24.5 Å².